The van der Waals surface area contributed by atoms with Crippen LogP contribution in [0.15, 0.2) is 36.0 Å². The van der Waals surface area contributed by atoms with E-state index in [0.717, 1.165) is 42.1 Å². The van der Waals surface area contributed by atoms with Crippen molar-refractivity contribution in [3.8, 4) is 5.75 Å². The third kappa shape index (κ3) is 2.52. The molecule has 1 amide bonds. The van der Waals surface area contributed by atoms with E-state index in [1.54, 1.807) is 0 Å². The molecular weight excluding hydrogens is 290 g/mol. The van der Waals surface area contributed by atoms with Crippen LogP contribution in [-0.2, 0) is 4.79 Å². The minimum Gasteiger partial charge on any atom is -0.488 e. The van der Waals surface area contributed by atoms with Crippen molar-refractivity contribution in [3.63, 3.8) is 0 Å². The molecule has 0 saturated carbocycles. The number of amides is 1. The second-order valence-electron chi connectivity index (χ2n) is 6.20. The van der Waals surface area contributed by atoms with Gasteiger partial charge in [0, 0.05) is 30.3 Å². The number of fused-ring (bicyclic) bond motifs is 1. The second kappa shape index (κ2) is 5.57. The molecule has 1 N–H and O–H groups in total. The SMILES string of the molecule is Cc1cn[nH]c1[C@H]1CCN(C(=O)C2=Cc3ccccc3OC2)C1. The van der Waals surface area contributed by atoms with E-state index in [9.17, 15) is 4.79 Å². The number of H-pyrrole nitrogens is 1. The summed E-state index contributed by atoms with van der Waals surface area (Å²) in [4.78, 5) is 14.7. The highest BCUT2D eigenvalue weighted by Gasteiger charge is 2.31. The Morgan fingerprint density at radius 3 is 3.09 bits per heavy atom. The van der Waals surface area contributed by atoms with Crippen molar-refractivity contribution in [1.82, 2.24) is 15.1 Å². The van der Waals surface area contributed by atoms with E-state index in [-0.39, 0.29) is 5.91 Å². The number of carbonyl (C=O) groups excluding carboxylic acids is 1. The Labute approximate surface area is 135 Å². The number of carbonyl (C=O) groups is 1. The first-order valence-corrected chi connectivity index (χ1v) is 7.94. The van der Waals surface area contributed by atoms with Crippen molar-refractivity contribution in [2.45, 2.75) is 19.3 Å². The fourth-order valence-electron chi connectivity index (χ4n) is 3.39. The van der Waals surface area contributed by atoms with Gasteiger partial charge in [0.15, 0.2) is 0 Å². The molecule has 1 saturated heterocycles. The van der Waals surface area contributed by atoms with Gasteiger partial charge in [-0.25, -0.2) is 0 Å². The molecule has 23 heavy (non-hydrogen) atoms. The molecular formula is C18H19N3O2. The van der Waals surface area contributed by atoms with E-state index in [2.05, 4.69) is 17.1 Å². The van der Waals surface area contributed by atoms with Crippen LogP contribution in [0.2, 0.25) is 0 Å². The number of hydrogen-bond acceptors (Lipinski definition) is 3. The van der Waals surface area contributed by atoms with E-state index in [4.69, 9.17) is 4.74 Å². The van der Waals surface area contributed by atoms with Gasteiger partial charge in [-0.2, -0.15) is 5.10 Å². The number of nitrogens with one attached hydrogen (secondary N) is 1. The summed E-state index contributed by atoms with van der Waals surface area (Å²) in [6, 6.07) is 7.80. The summed E-state index contributed by atoms with van der Waals surface area (Å²) in [5.41, 5.74) is 4.02. The summed E-state index contributed by atoms with van der Waals surface area (Å²) in [6.07, 6.45) is 4.77. The van der Waals surface area contributed by atoms with Crippen LogP contribution in [0.4, 0.5) is 0 Å². The maximum absolute atomic E-state index is 12.8. The van der Waals surface area contributed by atoms with Gasteiger partial charge in [0.25, 0.3) is 5.91 Å². The van der Waals surface area contributed by atoms with Gasteiger partial charge in [-0.3, -0.25) is 9.89 Å². The number of ether oxygens (including phenoxy) is 1. The average molecular weight is 309 g/mol. The van der Waals surface area contributed by atoms with Crippen molar-refractivity contribution in [1.29, 1.82) is 0 Å². The smallest absolute Gasteiger partial charge is 0.253 e. The summed E-state index contributed by atoms with van der Waals surface area (Å²) in [5.74, 6) is 1.27. The zero-order chi connectivity index (χ0) is 15.8. The van der Waals surface area contributed by atoms with Gasteiger partial charge in [-0.15, -0.1) is 0 Å². The van der Waals surface area contributed by atoms with Crippen LogP contribution in [-0.4, -0.2) is 40.7 Å². The predicted molar refractivity (Wildman–Crippen MR) is 87.2 cm³/mol. The largest absolute Gasteiger partial charge is 0.488 e. The Kier molecular flexibility index (Phi) is 3.41. The normalized spacial score (nSPS) is 20.0. The molecule has 0 bridgehead atoms. The number of hydrogen-bond donors (Lipinski definition) is 1. The van der Waals surface area contributed by atoms with Crippen LogP contribution < -0.4 is 4.74 Å². The van der Waals surface area contributed by atoms with Gasteiger partial charge in [0.2, 0.25) is 0 Å². The molecule has 0 aliphatic carbocycles. The maximum atomic E-state index is 12.8. The molecule has 0 radical (unpaired) electrons. The van der Waals surface area contributed by atoms with E-state index in [1.807, 2.05) is 41.4 Å². The first kappa shape index (κ1) is 14.1. The zero-order valence-electron chi connectivity index (χ0n) is 13.1. The van der Waals surface area contributed by atoms with Crippen molar-refractivity contribution in [2.24, 2.45) is 0 Å². The molecule has 4 rings (SSSR count). The second-order valence-corrected chi connectivity index (χ2v) is 6.20. The van der Waals surface area contributed by atoms with E-state index >= 15 is 0 Å². The zero-order valence-corrected chi connectivity index (χ0v) is 13.1. The van der Waals surface area contributed by atoms with Gasteiger partial charge >= 0.3 is 0 Å². The molecule has 1 fully saturated rings. The lowest BCUT2D eigenvalue weighted by atomic mass is 10.0. The lowest BCUT2D eigenvalue weighted by Gasteiger charge is -2.22. The summed E-state index contributed by atoms with van der Waals surface area (Å²) in [7, 11) is 0. The standard InChI is InChI=1S/C18H19N3O2/c1-12-9-19-20-17(12)14-6-7-21(10-14)18(22)15-8-13-4-2-3-5-16(13)23-11-15/h2-5,8-9,14H,6-7,10-11H2,1H3,(H,19,20)/t14-/m0/s1. The molecule has 2 aliphatic rings. The van der Waals surface area contributed by atoms with Gasteiger partial charge in [0.05, 0.1) is 11.8 Å². The first-order valence-electron chi connectivity index (χ1n) is 7.94. The third-order valence-corrected chi connectivity index (χ3v) is 4.66. The lowest BCUT2D eigenvalue weighted by molar-refractivity contribution is -0.126. The van der Waals surface area contributed by atoms with Gasteiger partial charge in [-0.05, 0) is 31.1 Å². The molecule has 2 aliphatic heterocycles. The Balaban J connectivity index is 1.51. The van der Waals surface area contributed by atoms with E-state index < -0.39 is 0 Å². The number of benzene rings is 1. The number of aromatic amines is 1. The van der Waals surface area contributed by atoms with Crippen LogP contribution in [0.5, 0.6) is 5.75 Å². The number of likely N-dealkylation sites (tertiary alicyclic amines) is 1. The Morgan fingerprint density at radius 2 is 2.26 bits per heavy atom. The molecule has 0 unspecified atom stereocenters. The van der Waals surface area contributed by atoms with E-state index in [1.165, 1.54) is 5.56 Å². The molecule has 5 heteroatoms. The van der Waals surface area contributed by atoms with Crippen LogP contribution >= 0.6 is 0 Å². The molecule has 0 spiro atoms. The van der Waals surface area contributed by atoms with Crippen LogP contribution in [0.1, 0.15) is 29.2 Å². The lowest BCUT2D eigenvalue weighted by Crippen LogP contribution is -2.32. The first-order chi connectivity index (χ1) is 11.2. The average Bonchev–Trinajstić information content (AvgIpc) is 3.22. The van der Waals surface area contributed by atoms with Gasteiger partial charge in [-0.1, -0.05) is 18.2 Å². The Hall–Kier alpha value is -2.56. The van der Waals surface area contributed by atoms with Crippen molar-refractivity contribution in [2.75, 3.05) is 19.7 Å². The van der Waals surface area contributed by atoms with Crippen LogP contribution in [0.25, 0.3) is 6.08 Å². The minimum absolute atomic E-state index is 0.0826. The number of para-hydroxylation sites is 1. The number of rotatable bonds is 2. The molecule has 1 atom stereocenters. The van der Waals surface area contributed by atoms with Gasteiger partial charge in [0.1, 0.15) is 12.4 Å². The molecule has 5 nitrogen and oxygen atoms in total. The van der Waals surface area contributed by atoms with Gasteiger partial charge < -0.3 is 9.64 Å². The molecule has 1 aromatic carbocycles. The fourth-order valence-corrected chi connectivity index (χ4v) is 3.39. The molecule has 3 heterocycles. The van der Waals surface area contributed by atoms with Crippen LogP contribution in [0, 0.1) is 6.92 Å². The Morgan fingerprint density at radius 1 is 1.39 bits per heavy atom. The maximum Gasteiger partial charge on any atom is 0.253 e. The van der Waals surface area contributed by atoms with E-state index in [0.29, 0.717) is 12.5 Å². The van der Waals surface area contributed by atoms with Crippen LogP contribution in [0.3, 0.4) is 0 Å². The predicted octanol–water partition coefficient (Wildman–Crippen LogP) is 2.51. The fraction of sp³-hybridized carbons (Fsp3) is 0.333. The molecule has 2 aromatic rings. The number of aryl methyl sites for hydroxylation is 1. The molecule has 118 valence electrons. The summed E-state index contributed by atoms with van der Waals surface area (Å²) in [6.45, 7) is 3.92. The third-order valence-electron chi connectivity index (χ3n) is 4.66. The number of nitrogens with zero attached hydrogens (tertiary/aromatic N) is 2. The quantitative estimate of drug-likeness (QED) is 0.927. The summed E-state index contributed by atoms with van der Waals surface area (Å²) >= 11 is 0. The number of aromatic nitrogens is 2. The minimum atomic E-state index is 0.0826. The molecule has 1 aromatic heterocycles. The Bertz CT molecular complexity index is 778. The summed E-state index contributed by atoms with van der Waals surface area (Å²) < 4.78 is 5.70. The van der Waals surface area contributed by atoms with Crippen molar-refractivity contribution >= 4 is 12.0 Å². The topological polar surface area (TPSA) is 58.2 Å². The highest BCUT2D eigenvalue weighted by molar-refractivity contribution is 5.99. The van der Waals surface area contributed by atoms with Crippen molar-refractivity contribution in [3.05, 3.63) is 52.9 Å². The monoisotopic (exact) mass is 309 g/mol. The highest BCUT2D eigenvalue weighted by Crippen LogP contribution is 2.31. The van der Waals surface area contributed by atoms with Crippen molar-refractivity contribution < 1.29 is 9.53 Å². The highest BCUT2D eigenvalue weighted by atomic mass is 16.5. The summed E-state index contributed by atoms with van der Waals surface area (Å²) in [5, 5.41) is 7.16.